The van der Waals surface area contributed by atoms with Gasteiger partial charge in [0.2, 0.25) is 0 Å². The summed E-state index contributed by atoms with van der Waals surface area (Å²) in [6, 6.07) is 0. The van der Waals surface area contributed by atoms with Crippen LogP contribution in [0.2, 0.25) is 0 Å². The molecule has 0 saturated carbocycles. The van der Waals surface area contributed by atoms with Crippen LogP contribution in [-0.4, -0.2) is 26.1 Å². The summed E-state index contributed by atoms with van der Waals surface area (Å²) >= 11 is 1.53. The lowest BCUT2D eigenvalue weighted by molar-refractivity contribution is -0.126. The number of aromatic nitrogens is 3. The van der Waals surface area contributed by atoms with Gasteiger partial charge < -0.3 is 4.57 Å². The zero-order valence-electron chi connectivity index (χ0n) is 15.9. The molecular formula is C19H27N3O2S. The minimum Gasteiger partial charge on any atom is -0.331 e. The van der Waals surface area contributed by atoms with E-state index in [0.29, 0.717) is 25.0 Å². The van der Waals surface area contributed by atoms with Crippen molar-refractivity contribution in [2.24, 2.45) is 17.9 Å². The first kappa shape index (κ1) is 19.5. The summed E-state index contributed by atoms with van der Waals surface area (Å²) in [6.07, 6.45) is 4.97. The molecule has 0 N–H and O–H groups in total. The Morgan fingerprint density at radius 1 is 1.16 bits per heavy atom. The Hall–Kier alpha value is -1.82. The third-order valence-corrected chi connectivity index (χ3v) is 5.89. The van der Waals surface area contributed by atoms with Gasteiger partial charge in [-0.3, -0.25) is 9.59 Å². The van der Waals surface area contributed by atoms with Gasteiger partial charge in [-0.05, 0) is 19.8 Å². The molecule has 0 radical (unpaired) electrons. The fourth-order valence-corrected chi connectivity index (χ4v) is 3.46. The van der Waals surface area contributed by atoms with E-state index in [9.17, 15) is 9.59 Å². The van der Waals surface area contributed by atoms with Gasteiger partial charge >= 0.3 is 0 Å². The van der Waals surface area contributed by atoms with Crippen LogP contribution in [0.3, 0.4) is 0 Å². The Balaban J connectivity index is 2.02. The number of hydrogen-bond donors (Lipinski definition) is 0. The smallest absolute Gasteiger partial charge is 0.186 e. The average molecular weight is 362 g/mol. The largest absolute Gasteiger partial charge is 0.331 e. The first-order chi connectivity index (χ1) is 11.5. The predicted molar refractivity (Wildman–Crippen MR) is 99.9 cm³/mol. The zero-order chi connectivity index (χ0) is 18.8. The van der Waals surface area contributed by atoms with Crippen LogP contribution >= 0.6 is 11.3 Å². The van der Waals surface area contributed by atoms with Crippen molar-refractivity contribution in [3.63, 3.8) is 0 Å². The maximum atomic E-state index is 12.8. The van der Waals surface area contributed by atoms with Crippen molar-refractivity contribution >= 4 is 22.9 Å². The molecule has 0 aliphatic carbocycles. The Morgan fingerprint density at radius 2 is 1.80 bits per heavy atom. The molecule has 0 aliphatic heterocycles. The van der Waals surface area contributed by atoms with Crippen LogP contribution in [-0.2, 0) is 18.3 Å². The summed E-state index contributed by atoms with van der Waals surface area (Å²) in [4.78, 5) is 34.8. The number of hydrogen-bond acceptors (Lipinski definition) is 5. The lowest BCUT2D eigenvalue weighted by Gasteiger charge is -2.29. The fraction of sp³-hybridized carbons (Fsp3) is 0.579. The summed E-state index contributed by atoms with van der Waals surface area (Å²) in [7, 11) is 1.82. The van der Waals surface area contributed by atoms with Gasteiger partial charge in [0, 0.05) is 29.2 Å². The summed E-state index contributed by atoms with van der Waals surface area (Å²) in [5, 5.41) is 0. The van der Waals surface area contributed by atoms with E-state index in [0.717, 1.165) is 10.6 Å². The molecule has 2 heterocycles. The van der Waals surface area contributed by atoms with E-state index in [-0.39, 0.29) is 11.6 Å². The van der Waals surface area contributed by atoms with Gasteiger partial charge in [-0.15, -0.1) is 11.3 Å². The van der Waals surface area contributed by atoms with Gasteiger partial charge in [-0.2, -0.15) is 0 Å². The number of nitrogens with zero attached hydrogens (tertiary/aromatic N) is 3. The van der Waals surface area contributed by atoms with Crippen molar-refractivity contribution in [1.29, 1.82) is 0 Å². The normalized spacial score (nSPS) is 12.4. The van der Waals surface area contributed by atoms with Crippen molar-refractivity contribution in [1.82, 2.24) is 14.5 Å². The van der Waals surface area contributed by atoms with Crippen LogP contribution in [0.25, 0.3) is 0 Å². The molecule has 136 valence electrons. The van der Waals surface area contributed by atoms with E-state index in [1.54, 1.807) is 22.6 Å². The highest BCUT2D eigenvalue weighted by Crippen LogP contribution is 2.35. The molecule has 0 aromatic carbocycles. The van der Waals surface area contributed by atoms with Gasteiger partial charge in [0.25, 0.3) is 0 Å². The number of ketones is 2. The molecule has 0 unspecified atom stereocenters. The molecule has 0 aliphatic rings. The fourth-order valence-electron chi connectivity index (χ4n) is 2.68. The molecule has 6 heteroatoms. The van der Waals surface area contributed by atoms with Gasteiger partial charge in [-0.25, -0.2) is 9.97 Å². The number of aryl methyl sites for hydroxylation is 2. The standard InChI is InChI=1S/C19H27N3O2S/c1-13-15(25-12-21-13)9-16(23)18(2,3)7-8-19(4,5)17(24)14-10-20-11-22(14)6/h10-12H,7-9H2,1-6H3. The highest BCUT2D eigenvalue weighted by molar-refractivity contribution is 7.09. The van der Waals surface area contributed by atoms with Crippen molar-refractivity contribution < 1.29 is 9.59 Å². The topological polar surface area (TPSA) is 64.8 Å². The van der Waals surface area contributed by atoms with E-state index in [2.05, 4.69) is 9.97 Å². The molecule has 0 amide bonds. The Kier molecular flexibility index (Phi) is 5.62. The first-order valence-corrected chi connectivity index (χ1v) is 9.36. The van der Waals surface area contributed by atoms with Crippen LogP contribution < -0.4 is 0 Å². The van der Waals surface area contributed by atoms with Gasteiger partial charge in [0.05, 0.1) is 23.7 Å². The van der Waals surface area contributed by atoms with E-state index in [4.69, 9.17) is 0 Å². The number of carbonyl (C=O) groups is 2. The van der Waals surface area contributed by atoms with Crippen LogP contribution in [0, 0.1) is 17.8 Å². The SMILES string of the molecule is Cc1ncsc1CC(=O)C(C)(C)CCC(C)(C)C(=O)c1cncn1C. The number of Topliss-reactive ketones (excluding diaryl/α,β-unsaturated/α-hetero) is 2. The monoisotopic (exact) mass is 361 g/mol. The molecule has 2 aromatic rings. The lowest BCUT2D eigenvalue weighted by Crippen LogP contribution is -2.31. The van der Waals surface area contributed by atoms with E-state index < -0.39 is 10.8 Å². The quantitative estimate of drug-likeness (QED) is 0.666. The molecule has 0 fully saturated rings. The molecule has 2 rings (SSSR count). The Labute approximate surface area is 153 Å². The molecule has 25 heavy (non-hydrogen) atoms. The van der Waals surface area contributed by atoms with Crippen LogP contribution in [0.15, 0.2) is 18.0 Å². The highest BCUT2D eigenvalue weighted by atomic mass is 32.1. The van der Waals surface area contributed by atoms with E-state index in [1.165, 1.54) is 11.3 Å². The van der Waals surface area contributed by atoms with Crippen molar-refractivity contribution in [3.05, 3.63) is 34.3 Å². The van der Waals surface area contributed by atoms with Crippen LogP contribution in [0.5, 0.6) is 0 Å². The van der Waals surface area contributed by atoms with Gasteiger partial charge in [0.15, 0.2) is 5.78 Å². The number of imidazole rings is 1. The number of rotatable bonds is 8. The van der Waals surface area contributed by atoms with Crippen molar-refractivity contribution in [2.75, 3.05) is 0 Å². The third kappa shape index (κ3) is 4.42. The molecule has 0 spiro atoms. The number of carbonyl (C=O) groups excluding carboxylic acids is 2. The molecule has 2 aromatic heterocycles. The molecule has 0 atom stereocenters. The van der Waals surface area contributed by atoms with Gasteiger partial charge in [0.1, 0.15) is 11.5 Å². The molecule has 0 bridgehead atoms. The molecule has 0 saturated heterocycles. The summed E-state index contributed by atoms with van der Waals surface area (Å²) in [5.74, 6) is 0.262. The highest BCUT2D eigenvalue weighted by Gasteiger charge is 2.35. The minimum absolute atomic E-state index is 0.0639. The van der Waals surface area contributed by atoms with E-state index >= 15 is 0 Å². The summed E-state index contributed by atoms with van der Waals surface area (Å²) in [5.41, 5.74) is 2.31. The maximum absolute atomic E-state index is 12.8. The number of thiazole rings is 1. The van der Waals surface area contributed by atoms with E-state index in [1.807, 2.05) is 41.7 Å². The third-order valence-electron chi connectivity index (χ3n) is 4.96. The average Bonchev–Trinajstić information content (AvgIpc) is 3.13. The second-order valence-corrected chi connectivity index (χ2v) is 8.89. The molecule has 5 nitrogen and oxygen atoms in total. The Bertz CT molecular complexity index is 771. The lowest BCUT2D eigenvalue weighted by atomic mass is 9.74. The second-order valence-electron chi connectivity index (χ2n) is 7.95. The van der Waals surface area contributed by atoms with Crippen molar-refractivity contribution in [3.8, 4) is 0 Å². The van der Waals surface area contributed by atoms with Crippen molar-refractivity contribution in [2.45, 2.75) is 53.9 Å². The van der Waals surface area contributed by atoms with Crippen LogP contribution in [0.1, 0.15) is 61.6 Å². The zero-order valence-corrected chi connectivity index (χ0v) is 16.7. The maximum Gasteiger partial charge on any atom is 0.186 e. The first-order valence-electron chi connectivity index (χ1n) is 8.48. The predicted octanol–water partition coefficient (Wildman–Crippen LogP) is 4.01. The summed E-state index contributed by atoms with van der Waals surface area (Å²) in [6.45, 7) is 9.75. The molecular weight excluding hydrogens is 334 g/mol. The summed E-state index contributed by atoms with van der Waals surface area (Å²) < 4.78 is 1.74. The minimum atomic E-state index is -0.536. The van der Waals surface area contributed by atoms with Crippen LogP contribution in [0.4, 0.5) is 0 Å². The second kappa shape index (κ2) is 7.20. The van der Waals surface area contributed by atoms with Gasteiger partial charge in [-0.1, -0.05) is 27.7 Å². The Morgan fingerprint density at radius 3 is 2.32 bits per heavy atom.